The van der Waals surface area contributed by atoms with Crippen molar-refractivity contribution >= 4 is 12.1 Å². The van der Waals surface area contributed by atoms with Crippen molar-refractivity contribution in [1.29, 1.82) is 5.26 Å². The third-order valence-corrected chi connectivity index (χ3v) is 5.21. The average molecular weight is 409 g/mol. The number of urea groups is 1. The van der Waals surface area contributed by atoms with Gasteiger partial charge in [0.2, 0.25) is 0 Å². The number of hydrogen-bond acceptors (Lipinski definition) is 4. The van der Waals surface area contributed by atoms with Gasteiger partial charge in [0.05, 0.1) is 17.7 Å². The predicted molar refractivity (Wildman–Crippen MR) is 113 cm³/mol. The van der Waals surface area contributed by atoms with Gasteiger partial charge < -0.3 is 19.4 Å². The fourth-order valence-corrected chi connectivity index (χ4v) is 3.59. The van der Waals surface area contributed by atoms with Crippen molar-refractivity contribution in [2.75, 3.05) is 26.2 Å². The van der Waals surface area contributed by atoms with Gasteiger partial charge in [0.1, 0.15) is 11.1 Å². The highest BCUT2D eigenvalue weighted by molar-refractivity contribution is 5.79. The molecule has 30 heavy (non-hydrogen) atoms. The van der Waals surface area contributed by atoms with Gasteiger partial charge in [0.25, 0.3) is 0 Å². The molecule has 7 nitrogen and oxygen atoms in total. The summed E-state index contributed by atoms with van der Waals surface area (Å²) in [7, 11) is 0. The van der Waals surface area contributed by atoms with E-state index in [-0.39, 0.29) is 18.2 Å². The van der Waals surface area contributed by atoms with Crippen LogP contribution in [0.15, 0.2) is 24.3 Å². The van der Waals surface area contributed by atoms with Gasteiger partial charge in [0, 0.05) is 31.7 Å². The maximum Gasteiger partial charge on any atom is 0.410 e. The zero-order valence-corrected chi connectivity index (χ0v) is 18.2. The molecule has 1 aromatic carbocycles. The van der Waals surface area contributed by atoms with Gasteiger partial charge in [-0.05, 0) is 58.9 Å². The monoisotopic (exact) mass is 408 g/mol. The van der Waals surface area contributed by atoms with E-state index in [1.54, 1.807) is 34.1 Å². The van der Waals surface area contributed by atoms with E-state index in [2.05, 4.69) is 17.9 Å². The minimum absolute atomic E-state index is 0.0528. The first-order chi connectivity index (χ1) is 14.0. The second-order valence-corrected chi connectivity index (χ2v) is 9.16. The molecule has 0 aromatic heterocycles. The number of ether oxygens (including phenoxy) is 1. The summed E-state index contributed by atoms with van der Waals surface area (Å²) in [6.45, 7) is 11.3. The number of hydrogen-bond donors (Lipinski definition) is 0. The Balaban J connectivity index is 1.70. The fourth-order valence-electron chi connectivity index (χ4n) is 3.59. The minimum Gasteiger partial charge on any atom is -0.444 e. The lowest BCUT2D eigenvalue weighted by atomic mass is 10.0. The summed E-state index contributed by atoms with van der Waals surface area (Å²) in [4.78, 5) is 30.7. The zero-order valence-electron chi connectivity index (χ0n) is 18.2. The molecule has 2 aliphatic rings. The van der Waals surface area contributed by atoms with Crippen molar-refractivity contribution in [3.63, 3.8) is 0 Å². The lowest BCUT2D eigenvalue weighted by Crippen LogP contribution is -2.54. The topological polar surface area (TPSA) is 76.9 Å². The highest BCUT2D eigenvalue weighted by atomic mass is 16.6. The summed E-state index contributed by atoms with van der Waals surface area (Å²) in [6, 6.07) is 9.01. The van der Waals surface area contributed by atoms with E-state index < -0.39 is 11.1 Å². The molecular formula is C23H28N4O3. The van der Waals surface area contributed by atoms with Crippen LogP contribution in [0.1, 0.15) is 45.7 Å². The summed E-state index contributed by atoms with van der Waals surface area (Å²) in [5.41, 5.74) is 0.164. The van der Waals surface area contributed by atoms with E-state index >= 15 is 0 Å². The van der Waals surface area contributed by atoms with E-state index in [0.29, 0.717) is 31.7 Å². The first-order valence-electron chi connectivity index (χ1n) is 10.1. The molecule has 2 fully saturated rings. The van der Waals surface area contributed by atoms with Crippen LogP contribution >= 0.6 is 0 Å². The van der Waals surface area contributed by atoms with Crippen LogP contribution in [0.25, 0.3) is 0 Å². The fraction of sp³-hybridized carbons (Fsp3) is 0.522. The molecule has 2 aliphatic heterocycles. The van der Waals surface area contributed by atoms with Crippen LogP contribution in [-0.2, 0) is 4.74 Å². The Kier molecular flexibility index (Phi) is 5.67. The molecule has 0 saturated carbocycles. The molecule has 2 heterocycles. The SMILES string of the molecule is CC(C)(C)OC(=O)N1CCN2C(=O)N(C(C)(C)C#Cc3ccc(C#N)cc3)C[C@@H]2C1. The van der Waals surface area contributed by atoms with Gasteiger partial charge in [-0.3, -0.25) is 0 Å². The second-order valence-electron chi connectivity index (χ2n) is 9.16. The standard InChI is InChI=1S/C23H28N4O3/c1-22(2,3)30-21(29)25-12-13-26-19(15-25)16-27(20(26)28)23(4,5)11-10-17-6-8-18(14-24)9-7-17/h6-9,19H,12-13,15-16H2,1-5H3/t19-/m0/s1. The molecular weight excluding hydrogens is 380 g/mol. The first-order valence-corrected chi connectivity index (χ1v) is 10.1. The maximum absolute atomic E-state index is 13.0. The number of benzene rings is 1. The number of rotatable bonds is 1. The van der Waals surface area contributed by atoms with E-state index in [9.17, 15) is 9.59 Å². The van der Waals surface area contributed by atoms with Crippen LogP contribution in [0.5, 0.6) is 0 Å². The van der Waals surface area contributed by atoms with Crippen molar-refractivity contribution in [3.8, 4) is 17.9 Å². The van der Waals surface area contributed by atoms with Crippen LogP contribution in [0, 0.1) is 23.2 Å². The highest BCUT2D eigenvalue weighted by Gasteiger charge is 2.46. The third-order valence-electron chi connectivity index (χ3n) is 5.21. The Morgan fingerprint density at radius 3 is 2.30 bits per heavy atom. The van der Waals surface area contributed by atoms with Gasteiger partial charge >= 0.3 is 12.1 Å². The van der Waals surface area contributed by atoms with Crippen LogP contribution < -0.4 is 0 Å². The number of nitrogens with zero attached hydrogens (tertiary/aromatic N) is 4. The van der Waals surface area contributed by atoms with Crippen LogP contribution in [0.3, 0.4) is 0 Å². The van der Waals surface area contributed by atoms with E-state index in [1.165, 1.54) is 0 Å². The summed E-state index contributed by atoms with van der Waals surface area (Å²) < 4.78 is 5.48. The predicted octanol–water partition coefficient (Wildman–Crippen LogP) is 3.05. The Hall–Kier alpha value is -3.19. The van der Waals surface area contributed by atoms with Crippen LogP contribution in [0.2, 0.25) is 0 Å². The summed E-state index contributed by atoms with van der Waals surface area (Å²) in [5, 5.41) is 8.90. The Morgan fingerprint density at radius 2 is 1.70 bits per heavy atom. The van der Waals surface area contributed by atoms with Gasteiger partial charge in [0.15, 0.2) is 0 Å². The summed E-state index contributed by atoms with van der Waals surface area (Å²) in [6.07, 6.45) is -0.340. The van der Waals surface area contributed by atoms with Crippen molar-refractivity contribution in [1.82, 2.24) is 14.7 Å². The molecule has 0 radical (unpaired) electrons. The summed E-state index contributed by atoms with van der Waals surface area (Å²) in [5.74, 6) is 6.31. The molecule has 0 spiro atoms. The Labute approximate surface area is 178 Å². The second kappa shape index (κ2) is 7.91. The smallest absolute Gasteiger partial charge is 0.410 e. The molecule has 0 bridgehead atoms. The van der Waals surface area contributed by atoms with Gasteiger partial charge in [-0.25, -0.2) is 9.59 Å². The lowest BCUT2D eigenvalue weighted by molar-refractivity contribution is 0.0127. The maximum atomic E-state index is 13.0. The van der Waals surface area contributed by atoms with Crippen molar-refractivity contribution in [2.45, 2.75) is 51.8 Å². The molecule has 158 valence electrons. The molecule has 0 N–H and O–H groups in total. The molecule has 1 aromatic rings. The number of amides is 3. The van der Waals surface area contributed by atoms with E-state index in [0.717, 1.165) is 5.56 Å². The molecule has 7 heteroatoms. The minimum atomic E-state index is -0.668. The molecule has 0 unspecified atom stereocenters. The van der Waals surface area contributed by atoms with Gasteiger partial charge in [-0.15, -0.1) is 0 Å². The molecule has 2 saturated heterocycles. The van der Waals surface area contributed by atoms with Gasteiger partial charge in [-0.1, -0.05) is 11.8 Å². The number of carbonyl (C=O) groups is 2. The largest absolute Gasteiger partial charge is 0.444 e. The first kappa shape index (κ1) is 21.5. The quantitative estimate of drug-likeness (QED) is 0.669. The van der Waals surface area contributed by atoms with Crippen molar-refractivity contribution in [3.05, 3.63) is 35.4 Å². The number of fused-ring (bicyclic) bond motifs is 1. The van der Waals surface area contributed by atoms with E-state index in [4.69, 9.17) is 10.00 Å². The molecule has 0 aliphatic carbocycles. The van der Waals surface area contributed by atoms with Crippen molar-refractivity contribution in [2.24, 2.45) is 0 Å². The molecule has 1 atom stereocenters. The van der Waals surface area contributed by atoms with E-state index in [1.807, 2.05) is 39.5 Å². The van der Waals surface area contributed by atoms with Crippen LogP contribution in [-0.4, -0.2) is 70.2 Å². The molecule has 3 amide bonds. The van der Waals surface area contributed by atoms with Crippen molar-refractivity contribution < 1.29 is 14.3 Å². The average Bonchev–Trinajstić information content (AvgIpc) is 3.02. The normalized spacial score (nSPS) is 19.0. The highest BCUT2D eigenvalue weighted by Crippen LogP contribution is 2.28. The number of nitriles is 1. The Morgan fingerprint density at radius 1 is 1.07 bits per heavy atom. The number of carbonyl (C=O) groups excluding carboxylic acids is 2. The summed E-state index contributed by atoms with van der Waals surface area (Å²) >= 11 is 0. The zero-order chi connectivity index (χ0) is 22.1. The third kappa shape index (κ3) is 4.68. The molecule has 3 rings (SSSR count). The lowest BCUT2D eigenvalue weighted by Gasteiger charge is -2.37. The van der Waals surface area contributed by atoms with Gasteiger partial charge in [-0.2, -0.15) is 5.26 Å². The van der Waals surface area contributed by atoms with Crippen LogP contribution in [0.4, 0.5) is 9.59 Å². The number of piperazine rings is 1. The Bertz CT molecular complexity index is 928.